The summed E-state index contributed by atoms with van der Waals surface area (Å²) in [6.07, 6.45) is -0.0473. The molecule has 2 N–H and O–H groups in total. The fraction of sp³-hybridized carbons (Fsp3) is 0.385. The number of nitrogens with one attached hydrogen (secondary N) is 1. The number of nitrogens with zero attached hydrogens (tertiary/aromatic N) is 1. The van der Waals surface area contributed by atoms with Gasteiger partial charge in [-0.1, -0.05) is 29.8 Å². The number of carboxylic acids is 1. The second kappa shape index (κ2) is 6.64. The van der Waals surface area contributed by atoms with Gasteiger partial charge >= 0.3 is 12.0 Å². The second-order valence-corrected chi connectivity index (χ2v) is 4.21. The molecule has 0 radical (unpaired) electrons. The molecule has 0 heterocycles. The average molecular weight is 250 g/mol. The summed E-state index contributed by atoms with van der Waals surface area (Å²) in [5.74, 6) is -0.909. The molecule has 0 aliphatic rings. The summed E-state index contributed by atoms with van der Waals surface area (Å²) in [5.41, 5.74) is 2.16. The lowest BCUT2D eigenvalue weighted by Crippen LogP contribution is -2.37. The van der Waals surface area contributed by atoms with Crippen LogP contribution in [0.25, 0.3) is 0 Å². The maximum Gasteiger partial charge on any atom is 0.317 e. The molecule has 1 aromatic carbocycles. The van der Waals surface area contributed by atoms with Crippen LogP contribution in [0.2, 0.25) is 0 Å². The molecule has 0 saturated carbocycles. The van der Waals surface area contributed by atoms with Gasteiger partial charge in [0, 0.05) is 20.1 Å². The van der Waals surface area contributed by atoms with Crippen LogP contribution in [0.5, 0.6) is 0 Å². The van der Waals surface area contributed by atoms with Gasteiger partial charge in [-0.25, -0.2) is 4.79 Å². The maximum absolute atomic E-state index is 11.6. The fourth-order valence-electron chi connectivity index (χ4n) is 1.50. The molecule has 5 nitrogen and oxygen atoms in total. The molecule has 5 heteroatoms. The van der Waals surface area contributed by atoms with E-state index in [2.05, 4.69) is 5.32 Å². The summed E-state index contributed by atoms with van der Waals surface area (Å²) >= 11 is 0. The molecule has 1 rings (SSSR count). The molecule has 1 aromatic rings. The molecular weight excluding hydrogens is 232 g/mol. The number of hydrogen-bond donors (Lipinski definition) is 2. The minimum Gasteiger partial charge on any atom is -0.481 e. The largest absolute Gasteiger partial charge is 0.481 e. The Morgan fingerprint density at radius 2 is 2.11 bits per heavy atom. The number of amides is 2. The van der Waals surface area contributed by atoms with Crippen molar-refractivity contribution < 1.29 is 14.7 Å². The van der Waals surface area contributed by atoms with Gasteiger partial charge in [-0.2, -0.15) is 0 Å². The van der Waals surface area contributed by atoms with Gasteiger partial charge in [-0.3, -0.25) is 4.79 Å². The van der Waals surface area contributed by atoms with E-state index in [1.807, 2.05) is 31.2 Å². The van der Waals surface area contributed by atoms with E-state index in [-0.39, 0.29) is 19.0 Å². The predicted octanol–water partition coefficient (Wildman–Crippen LogP) is 1.61. The third-order valence-electron chi connectivity index (χ3n) is 2.53. The SMILES string of the molecule is Cc1cccc(CNC(=O)N(C)CCC(=O)O)c1. The number of benzene rings is 1. The van der Waals surface area contributed by atoms with Crippen LogP contribution in [0.3, 0.4) is 0 Å². The highest BCUT2D eigenvalue weighted by atomic mass is 16.4. The van der Waals surface area contributed by atoms with E-state index in [0.29, 0.717) is 6.54 Å². The Morgan fingerprint density at radius 3 is 2.72 bits per heavy atom. The second-order valence-electron chi connectivity index (χ2n) is 4.21. The zero-order chi connectivity index (χ0) is 13.5. The lowest BCUT2D eigenvalue weighted by atomic mass is 10.1. The lowest BCUT2D eigenvalue weighted by molar-refractivity contribution is -0.137. The summed E-state index contributed by atoms with van der Waals surface area (Å²) in [6.45, 7) is 2.64. The molecule has 98 valence electrons. The van der Waals surface area contributed by atoms with Gasteiger partial charge in [0.1, 0.15) is 0 Å². The van der Waals surface area contributed by atoms with Gasteiger partial charge < -0.3 is 15.3 Å². The predicted molar refractivity (Wildman–Crippen MR) is 68.3 cm³/mol. The first-order valence-corrected chi connectivity index (χ1v) is 5.75. The van der Waals surface area contributed by atoms with Crippen molar-refractivity contribution in [3.05, 3.63) is 35.4 Å². The van der Waals surface area contributed by atoms with Crippen LogP contribution in [0.1, 0.15) is 17.5 Å². The smallest absolute Gasteiger partial charge is 0.317 e. The van der Waals surface area contributed by atoms with Crippen LogP contribution in [-0.4, -0.2) is 35.6 Å². The average Bonchev–Trinajstić information content (AvgIpc) is 2.33. The highest BCUT2D eigenvalue weighted by molar-refractivity contribution is 5.75. The van der Waals surface area contributed by atoms with E-state index in [4.69, 9.17) is 5.11 Å². The van der Waals surface area contributed by atoms with Gasteiger partial charge in [0.05, 0.1) is 6.42 Å². The zero-order valence-corrected chi connectivity index (χ0v) is 10.6. The number of aryl methyl sites for hydroxylation is 1. The Kier molecular flexibility index (Phi) is 5.17. The standard InChI is InChI=1S/C13H18N2O3/c1-10-4-3-5-11(8-10)9-14-13(18)15(2)7-6-12(16)17/h3-5,8H,6-7,9H2,1-2H3,(H,14,18)(H,16,17). The van der Waals surface area contributed by atoms with Crippen LogP contribution in [-0.2, 0) is 11.3 Å². The topological polar surface area (TPSA) is 69.6 Å². The van der Waals surface area contributed by atoms with E-state index in [0.717, 1.165) is 11.1 Å². The van der Waals surface area contributed by atoms with Crippen LogP contribution in [0, 0.1) is 6.92 Å². The first-order chi connectivity index (χ1) is 8.49. The third-order valence-corrected chi connectivity index (χ3v) is 2.53. The van der Waals surface area contributed by atoms with Crippen molar-refractivity contribution in [1.29, 1.82) is 0 Å². The monoisotopic (exact) mass is 250 g/mol. The van der Waals surface area contributed by atoms with Crippen molar-refractivity contribution in [2.45, 2.75) is 19.9 Å². The van der Waals surface area contributed by atoms with Crippen LogP contribution in [0.15, 0.2) is 24.3 Å². The van der Waals surface area contributed by atoms with Crippen molar-refractivity contribution in [3.8, 4) is 0 Å². The molecule has 0 spiro atoms. The molecule has 0 atom stereocenters. The third kappa shape index (κ3) is 4.86. The summed E-state index contributed by atoms with van der Waals surface area (Å²) in [4.78, 5) is 23.4. The van der Waals surface area contributed by atoms with Crippen molar-refractivity contribution in [2.24, 2.45) is 0 Å². The summed E-state index contributed by atoms with van der Waals surface area (Å²) in [5, 5.41) is 11.3. The van der Waals surface area contributed by atoms with Gasteiger partial charge in [-0.05, 0) is 12.5 Å². The van der Waals surface area contributed by atoms with Crippen LogP contribution < -0.4 is 5.32 Å². The Morgan fingerprint density at radius 1 is 1.39 bits per heavy atom. The molecule has 0 unspecified atom stereocenters. The van der Waals surface area contributed by atoms with E-state index >= 15 is 0 Å². The summed E-state index contributed by atoms with van der Waals surface area (Å²) in [6, 6.07) is 7.59. The molecule has 0 saturated heterocycles. The van der Waals surface area contributed by atoms with E-state index in [1.165, 1.54) is 4.90 Å². The number of aliphatic carboxylic acids is 1. The van der Waals surface area contributed by atoms with Gasteiger partial charge in [-0.15, -0.1) is 0 Å². The first-order valence-electron chi connectivity index (χ1n) is 5.75. The Hall–Kier alpha value is -2.04. The van der Waals surface area contributed by atoms with Crippen LogP contribution >= 0.6 is 0 Å². The Bertz CT molecular complexity index is 432. The molecule has 2 amide bonds. The van der Waals surface area contributed by atoms with E-state index in [1.54, 1.807) is 7.05 Å². The number of carbonyl (C=O) groups is 2. The quantitative estimate of drug-likeness (QED) is 0.834. The van der Waals surface area contributed by atoms with Gasteiger partial charge in [0.2, 0.25) is 0 Å². The molecule has 0 aliphatic heterocycles. The Labute approximate surface area is 106 Å². The van der Waals surface area contributed by atoms with Crippen molar-refractivity contribution in [3.63, 3.8) is 0 Å². The number of carbonyl (C=O) groups excluding carboxylic acids is 1. The normalized spacial score (nSPS) is 9.89. The molecule has 18 heavy (non-hydrogen) atoms. The molecule has 0 fully saturated rings. The zero-order valence-electron chi connectivity index (χ0n) is 10.6. The lowest BCUT2D eigenvalue weighted by Gasteiger charge is -2.17. The highest BCUT2D eigenvalue weighted by Gasteiger charge is 2.09. The van der Waals surface area contributed by atoms with Crippen molar-refractivity contribution in [1.82, 2.24) is 10.2 Å². The van der Waals surface area contributed by atoms with Gasteiger partial charge in [0.25, 0.3) is 0 Å². The first kappa shape index (κ1) is 14.0. The molecule has 0 bridgehead atoms. The number of urea groups is 1. The van der Waals surface area contributed by atoms with E-state index in [9.17, 15) is 9.59 Å². The van der Waals surface area contributed by atoms with E-state index < -0.39 is 5.97 Å². The number of hydrogen-bond acceptors (Lipinski definition) is 2. The number of carboxylic acid groups (broad SMARTS) is 1. The molecule has 0 aromatic heterocycles. The number of rotatable bonds is 5. The fourth-order valence-corrected chi connectivity index (χ4v) is 1.50. The minimum absolute atomic E-state index is 0.0473. The minimum atomic E-state index is -0.909. The Balaban J connectivity index is 2.38. The van der Waals surface area contributed by atoms with Crippen molar-refractivity contribution >= 4 is 12.0 Å². The molecule has 0 aliphatic carbocycles. The maximum atomic E-state index is 11.6. The molecular formula is C13H18N2O3. The highest BCUT2D eigenvalue weighted by Crippen LogP contribution is 2.03. The van der Waals surface area contributed by atoms with Crippen LogP contribution in [0.4, 0.5) is 4.79 Å². The summed E-state index contributed by atoms with van der Waals surface area (Å²) in [7, 11) is 1.58. The van der Waals surface area contributed by atoms with Crippen molar-refractivity contribution in [2.75, 3.05) is 13.6 Å². The summed E-state index contributed by atoms with van der Waals surface area (Å²) < 4.78 is 0. The van der Waals surface area contributed by atoms with Gasteiger partial charge in [0.15, 0.2) is 0 Å².